The highest BCUT2D eigenvalue weighted by atomic mass is 19.1. The lowest BCUT2D eigenvalue weighted by molar-refractivity contribution is 0.0116. The number of benzene rings is 2. The minimum absolute atomic E-state index is 0.00504. The summed E-state index contributed by atoms with van der Waals surface area (Å²) < 4.78 is 27.6. The third-order valence-corrected chi connectivity index (χ3v) is 6.87. The fourth-order valence-corrected chi connectivity index (χ4v) is 4.64. The van der Waals surface area contributed by atoms with Crippen molar-refractivity contribution in [2.45, 2.75) is 89.4 Å². The molecule has 176 valence electrons. The smallest absolute Gasteiger partial charge is 0.129 e. The van der Waals surface area contributed by atoms with Crippen LogP contribution in [0.2, 0.25) is 0 Å². The van der Waals surface area contributed by atoms with Gasteiger partial charge in [-0.05, 0) is 66.8 Å². The Labute approximate surface area is 190 Å². The molecule has 3 atom stereocenters. The van der Waals surface area contributed by atoms with Gasteiger partial charge in [0.05, 0.1) is 17.7 Å². The minimum atomic E-state index is -0.695. The van der Waals surface area contributed by atoms with E-state index in [-0.39, 0.29) is 11.0 Å². The van der Waals surface area contributed by atoms with Crippen LogP contribution in [0.3, 0.4) is 0 Å². The Balaban J connectivity index is 1.73. The van der Waals surface area contributed by atoms with Crippen molar-refractivity contribution in [2.75, 3.05) is 6.54 Å². The molecule has 0 radical (unpaired) electrons. The largest absolute Gasteiger partial charge is 0.392 e. The lowest BCUT2D eigenvalue weighted by Crippen LogP contribution is -2.55. The standard InChI is InChI=1S/C27H37F2NO2/c1-18-23(28)14-19(15-24(18)29)11-12-22(31)17-30-27(13-6-5-10-25(27)32)21-9-7-8-20(16-21)26(2,3)4/h7-9,14-16,22,25,30-32H,5-6,10-13,17H2,1-4H3. The second kappa shape index (κ2) is 9.98. The van der Waals surface area contributed by atoms with Crippen LogP contribution >= 0.6 is 0 Å². The molecule has 0 heterocycles. The lowest BCUT2D eigenvalue weighted by Gasteiger charge is -2.44. The maximum Gasteiger partial charge on any atom is 0.129 e. The molecule has 3 nitrogen and oxygen atoms in total. The zero-order chi connectivity index (χ0) is 23.5. The third-order valence-electron chi connectivity index (χ3n) is 6.87. The molecule has 2 aromatic carbocycles. The van der Waals surface area contributed by atoms with Crippen molar-refractivity contribution in [2.24, 2.45) is 0 Å². The Morgan fingerprint density at radius 2 is 1.81 bits per heavy atom. The quantitative estimate of drug-likeness (QED) is 0.543. The molecule has 2 aromatic rings. The van der Waals surface area contributed by atoms with Crippen LogP contribution in [0.25, 0.3) is 0 Å². The molecule has 1 aliphatic carbocycles. The van der Waals surface area contributed by atoms with Gasteiger partial charge < -0.3 is 15.5 Å². The Morgan fingerprint density at radius 3 is 2.44 bits per heavy atom. The fourth-order valence-electron chi connectivity index (χ4n) is 4.64. The fraction of sp³-hybridized carbons (Fsp3) is 0.556. The molecule has 0 aromatic heterocycles. The van der Waals surface area contributed by atoms with E-state index >= 15 is 0 Å². The van der Waals surface area contributed by atoms with E-state index in [1.165, 1.54) is 24.6 Å². The lowest BCUT2D eigenvalue weighted by atomic mass is 9.72. The van der Waals surface area contributed by atoms with E-state index in [9.17, 15) is 19.0 Å². The summed E-state index contributed by atoms with van der Waals surface area (Å²) in [5.74, 6) is -1.12. The van der Waals surface area contributed by atoms with Crippen LogP contribution in [0.15, 0.2) is 36.4 Å². The molecule has 3 rings (SSSR count). The molecule has 5 heteroatoms. The van der Waals surface area contributed by atoms with Gasteiger partial charge in [0.1, 0.15) is 11.6 Å². The average Bonchev–Trinajstić information content (AvgIpc) is 2.75. The van der Waals surface area contributed by atoms with Gasteiger partial charge in [-0.3, -0.25) is 0 Å². The van der Waals surface area contributed by atoms with E-state index in [2.05, 4.69) is 44.3 Å². The molecule has 32 heavy (non-hydrogen) atoms. The van der Waals surface area contributed by atoms with Crippen molar-refractivity contribution in [3.63, 3.8) is 0 Å². The van der Waals surface area contributed by atoms with Crippen LogP contribution in [0, 0.1) is 18.6 Å². The van der Waals surface area contributed by atoms with Crippen LogP contribution in [0.5, 0.6) is 0 Å². The maximum absolute atomic E-state index is 13.8. The number of hydrogen-bond donors (Lipinski definition) is 3. The first-order valence-corrected chi connectivity index (χ1v) is 11.7. The Hall–Kier alpha value is -1.82. The highest BCUT2D eigenvalue weighted by Crippen LogP contribution is 2.39. The number of aliphatic hydroxyl groups is 2. The van der Waals surface area contributed by atoms with Gasteiger partial charge in [-0.2, -0.15) is 0 Å². The highest BCUT2D eigenvalue weighted by Gasteiger charge is 2.41. The van der Waals surface area contributed by atoms with Gasteiger partial charge in [0.25, 0.3) is 0 Å². The molecule has 3 N–H and O–H groups in total. The van der Waals surface area contributed by atoms with Gasteiger partial charge in [0, 0.05) is 12.1 Å². The molecule has 0 spiro atoms. The summed E-state index contributed by atoms with van der Waals surface area (Å²) in [6.45, 7) is 8.22. The summed E-state index contributed by atoms with van der Waals surface area (Å²) >= 11 is 0. The van der Waals surface area contributed by atoms with Crippen LogP contribution in [-0.4, -0.2) is 29.0 Å². The molecule has 0 aliphatic heterocycles. The second-order valence-corrected chi connectivity index (χ2v) is 10.3. The summed E-state index contributed by atoms with van der Waals surface area (Å²) in [5, 5.41) is 25.2. The SMILES string of the molecule is Cc1c(F)cc(CCC(O)CNC2(c3cccc(C(C)(C)C)c3)CCCCC2O)cc1F. The number of nitrogens with one attached hydrogen (secondary N) is 1. The van der Waals surface area contributed by atoms with Crippen molar-refractivity contribution in [1.29, 1.82) is 0 Å². The summed E-state index contributed by atoms with van der Waals surface area (Å²) in [6.07, 6.45) is 3.01. The van der Waals surface area contributed by atoms with E-state index in [0.29, 0.717) is 31.4 Å². The van der Waals surface area contributed by atoms with Crippen LogP contribution in [0.1, 0.15) is 75.1 Å². The number of aryl methyl sites for hydroxylation is 1. The molecule has 1 saturated carbocycles. The summed E-state index contributed by atoms with van der Waals surface area (Å²) in [5.41, 5.74) is 2.19. The maximum atomic E-state index is 13.8. The monoisotopic (exact) mass is 445 g/mol. The van der Waals surface area contributed by atoms with Crippen LogP contribution in [0.4, 0.5) is 8.78 Å². The molecule has 0 saturated heterocycles. The van der Waals surface area contributed by atoms with Crippen molar-refractivity contribution in [1.82, 2.24) is 5.32 Å². The van der Waals surface area contributed by atoms with Crippen molar-refractivity contribution in [3.8, 4) is 0 Å². The summed E-state index contributed by atoms with van der Waals surface area (Å²) in [7, 11) is 0. The number of hydrogen-bond acceptors (Lipinski definition) is 3. The first-order chi connectivity index (χ1) is 15.0. The van der Waals surface area contributed by atoms with Crippen molar-refractivity contribution in [3.05, 3.63) is 70.3 Å². The molecular formula is C27H37F2NO2. The van der Waals surface area contributed by atoms with Gasteiger partial charge in [0.15, 0.2) is 0 Å². The average molecular weight is 446 g/mol. The van der Waals surface area contributed by atoms with Gasteiger partial charge in [-0.25, -0.2) is 8.78 Å². The van der Waals surface area contributed by atoms with E-state index in [1.807, 2.05) is 6.07 Å². The number of halogens is 2. The Bertz CT molecular complexity index is 901. The molecule has 1 aliphatic rings. The predicted octanol–water partition coefficient (Wildman–Crippen LogP) is 5.28. The summed E-state index contributed by atoms with van der Waals surface area (Å²) in [4.78, 5) is 0. The molecule has 1 fully saturated rings. The predicted molar refractivity (Wildman–Crippen MR) is 125 cm³/mol. The minimum Gasteiger partial charge on any atom is -0.392 e. The second-order valence-electron chi connectivity index (χ2n) is 10.3. The van der Waals surface area contributed by atoms with Gasteiger partial charge in [-0.1, -0.05) is 57.9 Å². The van der Waals surface area contributed by atoms with E-state index in [4.69, 9.17) is 0 Å². The Kier molecular flexibility index (Phi) is 7.74. The van der Waals surface area contributed by atoms with Crippen molar-refractivity contribution < 1.29 is 19.0 Å². The van der Waals surface area contributed by atoms with E-state index in [1.54, 1.807) is 0 Å². The van der Waals surface area contributed by atoms with Gasteiger partial charge in [0.2, 0.25) is 0 Å². The Morgan fingerprint density at radius 1 is 1.12 bits per heavy atom. The zero-order valence-electron chi connectivity index (χ0n) is 19.7. The topological polar surface area (TPSA) is 52.5 Å². The van der Waals surface area contributed by atoms with E-state index < -0.39 is 29.4 Å². The molecular weight excluding hydrogens is 408 g/mol. The van der Waals surface area contributed by atoms with Crippen LogP contribution < -0.4 is 5.32 Å². The van der Waals surface area contributed by atoms with Crippen LogP contribution in [-0.2, 0) is 17.4 Å². The molecule has 0 amide bonds. The molecule has 0 bridgehead atoms. The first kappa shape index (κ1) is 24.8. The third kappa shape index (κ3) is 5.56. The first-order valence-electron chi connectivity index (χ1n) is 11.7. The normalized spacial score (nSPS) is 22.7. The molecule has 3 unspecified atom stereocenters. The van der Waals surface area contributed by atoms with E-state index in [0.717, 1.165) is 24.8 Å². The summed E-state index contributed by atoms with van der Waals surface area (Å²) in [6, 6.07) is 11.1. The van der Waals surface area contributed by atoms with Gasteiger partial charge >= 0.3 is 0 Å². The van der Waals surface area contributed by atoms with Gasteiger partial charge in [-0.15, -0.1) is 0 Å². The van der Waals surface area contributed by atoms with Crippen molar-refractivity contribution >= 4 is 0 Å². The number of aliphatic hydroxyl groups excluding tert-OH is 2. The zero-order valence-corrected chi connectivity index (χ0v) is 19.7. The highest BCUT2D eigenvalue weighted by molar-refractivity contribution is 5.35. The number of rotatable bonds is 7.